The van der Waals surface area contributed by atoms with Gasteiger partial charge in [0.15, 0.2) is 0 Å². The Balaban J connectivity index is 1.44. The number of halogens is 1. The summed E-state index contributed by atoms with van der Waals surface area (Å²) in [7, 11) is 0. The number of hydrogen-bond donors (Lipinski definition) is 2. The summed E-state index contributed by atoms with van der Waals surface area (Å²) in [6, 6.07) is 12.6. The van der Waals surface area contributed by atoms with Crippen LogP contribution in [0.15, 0.2) is 48.5 Å². The number of carbonyl (C=O) groups is 2. The van der Waals surface area contributed by atoms with Crippen molar-refractivity contribution >= 4 is 17.5 Å². The lowest BCUT2D eigenvalue weighted by atomic mass is 9.88. The van der Waals surface area contributed by atoms with Gasteiger partial charge in [0, 0.05) is 23.7 Å². The Labute approximate surface area is 187 Å². The average Bonchev–Trinajstić information content (AvgIpc) is 2.82. The van der Waals surface area contributed by atoms with Gasteiger partial charge >= 0.3 is 0 Å². The molecule has 1 aliphatic heterocycles. The Bertz CT molecular complexity index is 943. The van der Waals surface area contributed by atoms with Crippen molar-refractivity contribution in [2.75, 3.05) is 18.5 Å². The minimum atomic E-state index is -1.01. The molecule has 1 saturated heterocycles. The first kappa shape index (κ1) is 22.4. The quantitative estimate of drug-likeness (QED) is 0.716. The fraction of sp³-hybridized carbons (Fsp3) is 0.440. The van der Waals surface area contributed by atoms with Crippen LogP contribution in [-0.4, -0.2) is 41.1 Å². The molecular weight excluding hydrogens is 411 g/mol. The zero-order chi connectivity index (χ0) is 22.5. The normalized spacial score (nSPS) is 20.8. The van der Waals surface area contributed by atoms with E-state index in [0.717, 1.165) is 25.7 Å². The molecule has 2 aromatic rings. The van der Waals surface area contributed by atoms with E-state index in [1.807, 2.05) is 0 Å². The van der Waals surface area contributed by atoms with Gasteiger partial charge in [-0.3, -0.25) is 9.59 Å². The van der Waals surface area contributed by atoms with Gasteiger partial charge in [-0.15, -0.1) is 0 Å². The van der Waals surface area contributed by atoms with Crippen molar-refractivity contribution in [2.24, 2.45) is 5.92 Å². The summed E-state index contributed by atoms with van der Waals surface area (Å²) in [5.41, 5.74) is 1.67. The van der Waals surface area contributed by atoms with Gasteiger partial charge < -0.3 is 20.1 Å². The molecule has 2 atom stereocenters. The molecule has 0 radical (unpaired) electrons. The number of rotatable bonds is 6. The Morgan fingerprint density at radius 1 is 1.12 bits per heavy atom. The number of carbonyl (C=O) groups excluding carboxylic acids is 2. The molecule has 6 nitrogen and oxygen atoms in total. The van der Waals surface area contributed by atoms with E-state index in [1.54, 1.807) is 42.5 Å². The van der Waals surface area contributed by atoms with Gasteiger partial charge in [-0.1, -0.05) is 49.6 Å². The molecule has 32 heavy (non-hydrogen) atoms. The Kier molecular flexibility index (Phi) is 7.17. The molecule has 170 valence electrons. The maximum absolute atomic E-state index is 14.1. The Hall–Kier alpha value is -2.77. The van der Waals surface area contributed by atoms with Gasteiger partial charge in [0.05, 0.1) is 12.6 Å². The number of hydrogen-bond acceptors (Lipinski definition) is 4. The number of nitrogens with one attached hydrogen (secondary N) is 1. The number of aliphatic hydroxyl groups is 1. The van der Waals surface area contributed by atoms with E-state index >= 15 is 0 Å². The zero-order valence-corrected chi connectivity index (χ0v) is 18.0. The molecule has 2 amide bonds. The Morgan fingerprint density at radius 3 is 2.56 bits per heavy atom. The number of ether oxygens (including phenoxy) is 1. The minimum Gasteiger partial charge on any atom is -0.386 e. The lowest BCUT2D eigenvalue weighted by molar-refractivity contribution is -0.155. The van der Waals surface area contributed by atoms with Crippen molar-refractivity contribution in [3.63, 3.8) is 0 Å². The highest BCUT2D eigenvalue weighted by atomic mass is 19.1. The lowest BCUT2D eigenvalue weighted by Crippen LogP contribution is -2.51. The highest BCUT2D eigenvalue weighted by molar-refractivity contribution is 5.92. The van der Waals surface area contributed by atoms with E-state index in [1.165, 1.54) is 17.4 Å². The first-order valence-electron chi connectivity index (χ1n) is 11.2. The van der Waals surface area contributed by atoms with Crippen LogP contribution < -0.4 is 5.32 Å². The maximum Gasteiger partial charge on any atom is 0.249 e. The third kappa shape index (κ3) is 5.16. The van der Waals surface area contributed by atoms with Gasteiger partial charge in [-0.2, -0.15) is 0 Å². The van der Waals surface area contributed by atoms with Crippen molar-refractivity contribution in [1.29, 1.82) is 0 Å². The summed E-state index contributed by atoms with van der Waals surface area (Å²) < 4.78 is 19.5. The number of morpholine rings is 1. The summed E-state index contributed by atoms with van der Waals surface area (Å²) >= 11 is 0. The largest absolute Gasteiger partial charge is 0.386 e. The van der Waals surface area contributed by atoms with E-state index in [4.69, 9.17) is 4.74 Å². The van der Waals surface area contributed by atoms with Gasteiger partial charge in [-0.25, -0.2) is 4.39 Å². The van der Waals surface area contributed by atoms with Gasteiger partial charge in [-0.05, 0) is 36.6 Å². The van der Waals surface area contributed by atoms with E-state index < -0.39 is 18.0 Å². The van der Waals surface area contributed by atoms with Crippen molar-refractivity contribution in [2.45, 2.75) is 50.8 Å². The second kappa shape index (κ2) is 10.2. The summed E-state index contributed by atoms with van der Waals surface area (Å²) in [6.45, 7) is 0.122. The number of aliphatic hydroxyl groups excluding tert-OH is 1. The summed E-state index contributed by atoms with van der Waals surface area (Å²) in [6.07, 6.45) is 4.22. The molecule has 1 saturated carbocycles. The predicted octanol–water partition coefficient (Wildman–Crippen LogP) is 3.81. The summed E-state index contributed by atoms with van der Waals surface area (Å²) in [4.78, 5) is 26.4. The van der Waals surface area contributed by atoms with Gasteiger partial charge in [0.1, 0.15) is 18.5 Å². The molecule has 2 aromatic carbocycles. The first-order chi connectivity index (χ1) is 15.5. The van der Waals surface area contributed by atoms with E-state index in [-0.39, 0.29) is 37.5 Å². The molecule has 4 rings (SSSR count). The topological polar surface area (TPSA) is 78.9 Å². The van der Waals surface area contributed by atoms with E-state index in [0.29, 0.717) is 16.8 Å². The van der Waals surface area contributed by atoms with Crippen LogP contribution in [-0.2, 0) is 20.9 Å². The third-order valence-corrected chi connectivity index (χ3v) is 6.39. The fourth-order valence-corrected chi connectivity index (χ4v) is 4.50. The number of benzene rings is 2. The smallest absolute Gasteiger partial charge is 0.249 e. The SMILES string of the molecule is O=C(Nc1ccc([C@@H](O)[C@H]2COCC(=O)N2Cc2ccccc2F)cc1)C1CCCCC1. The fourth-order valence-electron chi connectivity index (χ4n) is 4.50. The zero-order valence-electron chi connectivity index (χ0n) is 18.0. The predicted molar refractivity (Wildman–Crippen MR) is 118 cm³/mol. The lowest BCUT2D eigenvalue weighted by Gasteiger charge is -2.38. The van der Waals surface area contributed by atoms with Crippen molar-refractivity contribution in [3.8, 4) is 0 Å². The molecule has 2 aliphatic rings. The number of anilines is 1. The monoisotopic (exact) mass is 440 g/mol. The van der Waals surface area contributed by atoms with Crippen LogP contribution in [0.2, 0.25) is 0 Å². The third-order valence-electron chi connectivity index (χ3n) is 6.39. The standard InChI is InChI=1S/C25H29FN2O4/c26-21-9-5-4-8-19(21)14-28-22(15-32-16-23(28)29)24(30)17-10-12-20(13-11-17)27-25(31)18-6-2-1-3-7-18/h4-5,8-13,18,22,24,30H,1-3,6-7,14-16H2,(H,27,31)/t22-,24-/m1/s1. The van der Waals surface area contributed by atoms with Gasteiger partial charge in [0.25, 0.3) is 0 Å². The average molecular weight is 441 g/mol. The van der Waals surface area contributed by atoms with Crippen molar-refractivity contribution < 1.29 is 23.8 Å². The Morgan fingerprint density at radius 2 is 1.84 bits per heavy atom. The number of amides is 2. The molecule has 0 spiro atoms. The molecule has 2 fully saturated rings. The van der Waals surface area contributed by atoms with Crippen LogP contribution in [0.25, 0.3) is 0 Å². The molecule has 0 bridgehead atoms. The second-order valence-corrected chi connectivity index (χ2v) is 8.59. The van der Waals surface area contributed by atoms with E-state index in [2.05, 4.69) is 5.32 Å². The second-order valence-electron chi connectivity index (χ2n) is 8.59. The molecule has 1 heterocycles. The molecule has 0 unspecified atom stereocenters. The highest BCUT2D eigenvalue weighted by Gasteiger charge is 2.35. The maximum atomic E-state index is 14.1. The summed E-state index contributed by atoms with van der Waals surface area (Å²) in [5, 5.41) is 14.0. The molecule has 7 heteroatoms. The molecule has 1 aliphatic carbocycles. The minimum absolute atomic E-state index is 0.0420. The van der Waals surface area contributed by atoms with Crippen LogP contribution in [0, 0.1) is 11.7 Å². The van der Waals surface area contributed by atoms with Crippen LogP contribution in [0.4, 0.5) is 10.1 Å². The number of nitrogens with zero attached hydrogens (tertiary/aromatic N) is 1. The van der Waals surface area contributed by atoms with Crippen LogP contribution in [0.1, 0.15) is 49.3 Å². The first-order valence-corrected chi connectivity index (χ1v) is 11.2. The van der Waals surface area contributed by atoms with Crippen molar-refractivity contribution in [1.82, 2.24) is 4.90 Å². The summed E-state index contributed by atoms with van der Waals surface area (Å²) in [5.74, 6) is -0.579. The molecular formula is C25H29FN2O4. The van der Waals surface area contributed by atoms with Crippen LogP contribution in [0.3, 0.4) is 0 Å². The van der Waals surface area contributed by atoms with Crippen LogP contribution >= 0.6 is 0 Å². The van der Waals surface area contributed by atoms with Crippen LogP contribution in [0.5, 0.6) is 0 Å². The van der Waals surface area contributed by atoms with Gasteiger partial charge in [0.2, 0.25) is 11.8 Å². The molecule has 2 N–H and O–H groups in total. The molecule has 0 aromatic heterocycles. The highest BCUT2D eigenvalue weighted by Crippen LogP contribution is 2.28. The van der Waals surface area contributed by atoms with Crippen molar-refractivity contribution in [3.05, 3.63) is 65.5 Å². The van der Waals surface area contributed by atoms with E-state index in [9.17, 15) is 19.1 Å².